The van der Waals surface area contributed by atoms with Crippen molar-refractivity contribution in [3.8, 4) is 5.75 Å². The number of nitrogens with one attached hydrogen (secondary N) is 2. The van der Waals surface area contributed by atoms with E-state index < -0.39 is 37.9 Å². The zero-order valence-electron chi connectivity index (χ0n) is 13.4. The van der Waals surface area contributed by atoms with Crippen molar-refractivity contribution in [3.63, 3.8) is 0 Å². The molecule has 1 aliphatic heterocycles. The minimum atomic E-state index is -3.58. The molecule has 1 saturated heterocycles. The molecule has 0 bridgehead atoms. The number of hydrogen-bond donors (Lipinski definition) is 2. The van der Waals surface area contributed by atoms with Crippen LogP contribution >= 0.6 is 0 Å². The fraction of sp³-hybridized carbons (Fsp3) is 0.500. The molecule has 24 heavy (non-hydrogen) atoms. The van der Waals surface area contributed by atoms with Gasteiger partial charge in [-0.25, -0.2) is 21.6 Å². The van der Waals surface area contributed by atoms with E-state index in [0.29, 0.717) is 5.75 Å². The number of sulfonamides is 1. The van der Waals surface area contributed by atoms with E-state index in [1.807, 2.05) is 19.1 Å². The lowest BCUT2D eigenvalue weighted by Gasteiger charge is -2.20. The predicted molar refractivity (Wildman–Crippen MR) is 89.0 cm³/mol. The number of amides is 1. The topological polar surface area (TPSA) is 119 Å². The second-order valence-corrected chi connectivity index (χ2v) is 9.74. The molecular formula is C14H20N2O6S2. The molecule has 1 amide bonds. The lowest BCUT2D eigenvalue weighted by molar-refractivity contribution is -0.123. The summed E-state index contributed by atoms with van der Waals surface area (Å²) in [6.07, 6.45) is 0.943. The van der Waals surface area contributed by atoms with Gasteiger partial charge < -0.3 is 10.1 Å². The lowest BCUT2D eigenvalue weighted by Crippen LogP contribution is -2.51. The van der Waals surface area contributed by atoms with Crippen LogP contribution in [0.1, 0.15) is 5.56 Å². The number of aryl methyl sites for hydroxylation is 1. The van der Waals surface area contributed by atoms with E-state index >= 15 is 0 Å². The highest BCUT2D eigenvalue weighted by molar-refractivity contribution is 7.92. The summed E-state index contributed by atoms with van der Waals surface area (Å²) in [5.74, 6) is -0.613. The number of sulfone groups is 1. The Morgan fingerprint density at radius 1 is 1.25 bits per heavy atom. The molecule has 1 aliphatic rings. The molecule has 0 aliphatic carbocycles. The average Bonchev–Trinajstić information content (AvgIpc) is 2.69. The summed E-state index contributed by atoms with van der Waals surface area (Å²) >= 11 is 0. The van der Waals surface area contributed by atoms with E-state index in [1.54, 1.807) is 12.1 Å². The summed E-state index contributed by atoms with van der Waals surface area (Å²) in [6.45, 7) is 1.55. The second-order valence-electron chi connectivity index (χ2n) is 5.80. The van der Waals surface area contributed by atoms with Crippen molar-refractivity contribution >= 4 is 25.8 Å². The number of ether oxygens (including phenoxy) is 1. The van der Waals surface area contributed by atoms with Crippen molar-refractivity contribution in [1.82, 2.24) is 10.0 Å². The van der Waals surface area contributed by atoms with E-state index in [1.165, 1.54) is 0 Å². The summed E-state index contributed by atoms with van der Waals surface area (Å²) in [5, 5.41) is 2.53. The van der Waals surface area contributed by atoms with Gasteiger partial charge in [-0.2, -0.15) is 0 Å². The Labute approximate surface area is 141 Å². The van der Waals surface area contributed by atoms with Gasteiger partial charge in [-0.15, -0.1) is 0 Å². The highest BCUT2D eigenvalue weighted by atomic mass is 32.2. The number of para-hydroxylation sites is 1. The van der Waals surface area contributed by atoms with Gasteiger partial charge in [0.25, 0.3) is 5.91 Å². The summed E-state index contributed by atoms with van der Waals surface area (Å²) < 4.78 is 53.8. The Bertz CT molecular complexity index is 819. The Morgan fingerprint density at radius 2 is 1.88 bits per heavy atom. The van der Waals surface area contributed by atoms with Gasteiger partial charge in [0.1, 0.15) is 5.75 Å². The van der Waals surface area contributed by atoms with E-state index in [4.69, 9.17) is 4.74 Å². The zero-order valence-corrected chi connectivity index (χ0v) is 15.0. The first-order valence-electron chi connectivity index (χ1n) is 7.21. The second kappa shape index (κ2) is 7.08. The molecule has 0 aromatic heterocycles. The van der Waals surface area contributed by atoms with Crippen molar-refractivity contribution in [2.45, 2.75) is 19.0 Å². The van der Waals surface area contributed by atoms with Crippen molar-refractivity contribution in [2.75, 3.05) is 24.4 Å². The zero-order chi connectivity index (χ0) is 18.0. The van der Waals surface area contributed by atoms with Crippen LogP contribution in [0.15, 0.2) is 24.3 Å². The van der Waals surface area contributed by atoms with Gasteiger partial charge >= 0.3 is 0 Å². The van der Waals surface area contributed by atoms with Crippen LogP contribution in [-0.4, -0.2) is 59.2 Å². The molecule has 10 heteroatoms. The molecule has 1 heterocycles. The third-order valence-corrected chi connectivity index (χ3v) is 5.98. The molecule has 0 radical (unpaired) electrons. The highest BCUT2D eigenvalue weighted by Crippen LogP contribution is 2.16. The molecule has 0 spiro atoms. The van der Waals surface area contributed by atoms with Crippen LogP contribution < -0.4 is 14.8 Å². The van der Waals surface area contributed by atoms with Crippen LogP contribution in [0.3, 0.4) is 0 Å². The van der Waals surface area contributed by atoms with Crippen molar-refractivity contribution in [3.05, 3.63) is 29.8 Å². The monoisotopic (exact) mass is 376 g/mol. The van der Waals surface area contributed by atoms with Crippen LogP contribution in [0, 0.1) is 6.92 Å². The van der Waals surface area contributed by atoms with Gasteiger partial charge in [-0.1, -0.05) is 18.2 Å². The van der Waals surface area contributed by atoms with Crippen LogP contribution in [-0.2, 0) is 24.7 Å². The third kappa shape index (κ3) is 5.46. The fourth-order valence-electron chi connectivity index (χ4n) is 2.49. The minimum absolute atomic E-state index is 0.285. The van der Waals surface area contributed by atoms with Crippen LogP contribution in [0.25, 0.3) is 0 Å². The lowest BCUT2D eigenvalue weighted by atomic mass is 10.2. The molecule has 2 atom stereocenters. The van der Waals surface area contributed by atoms with E-state index in [9.17, 15) is 21.6 Å². The van der Waals surface area contributed by atoms with E-state index in [-0.39, 0.29) is 18.1 Å². The molecule has 1 aromatic rings. The first-order valence-corrected chi connectivity index (χ1v) is 10.9. The van der Waals surface area contributed by atoms with Crippen molar-refractivity contribution in [1.29, 1.82) is 0 Å². The smallest absolute Gasteiger partial charge is 0.258 e. The Morgan fingerprint density at radius 3 is 2.50 bits per heavy atom. The standard InChI is InChI=1S/C14H20N2O6S2/c1-10-5-3-4-6-13(10)22-7-14(17)15-11-8-24(20,21)9-12(11)16-23(2,18)19/h3-6,11-12,16H,7-9H2,1-2H3,(H,15,17)/t11-,12+/m1/s1. The van der Waals surface area contributed by atoms with Gasteiger partial charge in [0, 0.05) is 0 Å². The largest absolute Gasteiger partial charge is 0.484 e. The quantitative estimate of drug-likeness (QED) is 0.671. The number of rotatable bonds is 6. The molecule has 0 saturated carbocycles. The maximum atomic E-state index is 12.0. The molecule has 8 nitrogen and oxygen atoms in total. The molecule has 2 N–H and O–H groups in total. The number of benzene rings is 1. The SMILES string of the molecule is Cc1ccccc1OCC(=O)N[C@@H]1CS(=O)(=O)C[C@@H]1NS(C)(=O)=O. The summed E-state index contributed by atoms with van der Waals surface area (Å²) in [5.41, 5.74) is 0.866. The Hall–Kier alpha value is -1.65. The first kappa shape index (κ1) is 18.7. The van der Waals surface area contributed by atoms with E-state index in [2.05, 4.69) is 10.0 Å². The van der Waals surface area contributed by atoms with E-state index in [0.717, 1.165) is 11.8 Å². The van der Waals surface area contributed by atoms with Crippen molar-refractivity contribution in [2.24, 2.45) is 0 Å². The normalized spacial score (nSPS) is 22.9. The molecule has 0 unspecified atom stereocenters. The van der Waals surface area contributed by atoms with Crippen LogP contribution in [0.5, 0.6) is 5.75 Å². The average molecular weight is 376 g/mol. The molecule has 134 valence electrons. The maximum absolute atomic E-state index is 12.0. The van der Waals surface area contributed by atoms with Crippen molar-refractivity contribution < 1.29 is 26.4 Å². The molecule has 2 rings (SSSR count). The fourth-order valence-corrected chi connectivity index (χ4v) is 5.26. The minimum Gasteiger partial charge on any atom is -0.484 e. The van der Waals surface area contributed by atoms with Crippen LogP contribution in [0.4, 0.5) is 0 Å². The maximum Gasteiger partial charge on any atom is 0.258 e. The summed E-state index contributed by atoms with van der Waals surface area (Å²) in [4.78, 5) is 12.0. The van der Waals surface area contributed by atoms with Crippen LogP contribution in [0.2, 0.25) is 0 Å². The summed E-state index contributed by atoms with van der Waals surface area (Å²) in [6, 6.07) is 5.47. The number of hydrogen-bond acceptors (Lipinski definition) is 6. The number of carbonyl (C=O) groups is 1. The van der Waals surface area contributed by atoms with Gasteiger partial charge in [-0.3, -0.25) is 4.79 Å². The van der Waals surface area contributed by atoms with Gasteiger partial charge in [0.2, 0.25) is 10.0 Å². The Kier molecular flexibility index (Phi) is 5.51. The number of carbonyl (C=O) groups excluding carboxylic acids is 1. The Balaban J connectivity index is 1.97. The van der Waals surface area contributed by atoms with Gasteiger partial charge in [-0.05, 0) is 18.6 Å². The highest BCUT2D eigenvalue weighted by Gasteiger charge is 2.39. The third-order valence-electron chi connectivity index (χ3n) is 3.52. The molecule has 1 aromatic carbocycles. The summed E-state index contributed by atoms with van der Waals surface area (Å²) in [7, 11) is -7.00. The van der Waals surface area contributed by atoms with Gasteiger partial charge in [0.15, 0.2) is 16.4 Å². The predicted octanol–water partition coefficient (Wildman–Crippen LogP) is -0.795. The van der Waals surface area contributed by atoms with Gasteiger partial charge in [0.05, 0.1) is 29.8 Å². The first-order chi connectivity index (χ1) is 11.1. The molecular weight excluding hydrogens is 356 g/mol. The molecule has 1 fully saturated rings.